The second-order valence-electron chi connectivity index (χ2n) is 6.17. The van der Waals surface area contributed by atoms with Gasteiger partial charge in [-0.1, -0.05) is 6.07 Å². The van der Waals surface area contributed by atoms with Crippen LogP contribution in [0.3, 0.4) is 0 Å². The van der Waals surface area contributed by atoms with E-state index in [4.69, 9.17) is 12.2 Å². The van der Waals surface area contributed by atoms with Gasteiger partial charge in [0.2, 0.25) is 0 Å². The van der Waals surface area contributed by atoms with Crippen molar-refractivity contribution in [3.8, 4) is 0 Å². The van der Waals surface area contributed by atoms with Gasteiger partial charge in [-0.15, -0.1) is 11.3 Å². The number of thiocarbonyl (C=S) groups is 1. The third-order valence-electron chi connectivity index (χ3n) is 2.87. The lowest BCUT2D eigenvalue weighted by Crippen LogP contribution is -2.40. The van der Waals surface area contributed by atoms with Gasteiger partial charge in [0.05, 0.1) is 4.88 Å². The molecular formula is C17H19N3O2S2. The van der Waals surface area contributed by atoms with Crippen molar-refractivity contribution in [2.45, 2.75) is 26.3 Å². The predicted octanol–water partition coefficient (Wildman–Crippen LogP) is 3.40. The molecule has 0 bridgehead atoms. The van der Waals surface area contributed by atoms with Crippen molar-refractivity contribution in [3.05, 3.63) is 52.2 Å². The number of rotatable bonds is 3. The predicted molar refractivity (Wildman–Crippen MR) is 102 cm³/mol. The van der Waals surface area contributed by atoms with Gasteiger partial charge in [-0.3, -0.25) is 14.9 Å². The Morgan fingerprint density at radius 3 is 2.25 bits per heavy atom. The lowest BCUT2D eigenvalue weighted by molar-refractivity contribution is 0.0918. The number of thiophene rings is 1. The molecule has 0 spiro atoms. The molecule has 2 aromatic rings. The summed E-state index contributed by atoms with van der Waals surface area (Å²) in [5.74, 6) is -0.383. The Balaban J connectivity index is 1.92. The van der Waals surface area contributed by atoms with E-state index in [0.29, 0.717) is 16.1 Å². The lowest BCUT2D eigenvalue weighted by atomic mass is 10.1. The quantitative estimate of drug-likeness (QED) is 0.733. The number of hydrogen-bond acceptors (Lipinski definition) is 4. The van der Waals surface area contributed by atoms with Gasteiger partial charge >= 0.3 is 0 Å². The zero-order valence-electron chi connectivity index (χ0n) is 13.7. The summed E-state index contributed by atoms with van der Waals surface area (Å²) >= 11 is 6.47. The smallest absolute Gasteiger partial charge is 0.267 e. The van der Waals surface area contributed by atoms with Gasteiger partial charge in [-0.2, -0.15) is 0 Å². The van der Waals surface area contributed by atoms with Crippen molar-refractivity contribution < 1.29 is 9.59 Å². The number of hydrogen-bond donors (Lipinski definition) is 3. The minimum Gasteiger partial charge on any atom is -0.347 e. The van der Waals surface area contributed by atoms with Crippen LogP contribution in [0, 0.1) is 0 Å². The van der Waals surface area contributed by atoms with E-state index in [-0.39, 0.29) is 22.5 Å². The van der Waals surface area contributed by atoms with Gasteiger partial charge in [0.1, 0.15) is 0 Å². The molecule has 2 rings (SSSR count). The minimum absolute atomic E-state index is 0.136. The van der Waals surface area contributed by atoms with Crippen LogP contribution in [0.25, 0.3) is 0 Å². The van der Waals surface area contributed by atoms with Crippen molar-refractivity contribution in [2.24, 2.45) is 0 Å². The fourth-order valence-electron chi connectivity index (χ4n) is 1.85. The highest BCUT2D eigenvalue weighted by atomic mass is 32.1. The summed E-state index contributed by atoms with van der Waals surface area (Å²) in [4.78, 5) is 24.6. The molecule has 0 saturated heterocycles. The van der Waals surface area contributed by atoms with Crippen molar-refractivity contribution in [1.82, 2.24) is 10.6 Å². The summed E-state index contributed by atoms with van der Waals surface area (Å²) in [7, 11) is 0. The third-order valence-corrected chi connectivity index (χ3v) is 3.94. The van der Waals surface area contributed by atoms with E-state index < -0.39 is 0 Å². The van der Waals surface area contributed by atoms with E-state index in [1.54, 1.807) is 36.4 Å². The molecule has 0 fully saturated rings. The number of amides is 2. The Hall–Kier alpha value is -2.25. The van der Waals surface area contributed by atoms with Crippen LogP contribution >= 0.6 is 23.6 Å². The average molecular weight is 361 g/mol. The van der Waals surface area contributed by atoms with Gasteiger partial charge in [-0.05, 0) is 68.7 Å². The summed E-state index contributed by atoms with van der Waals surface area (Å²) in [6.45, 7) is 5.78. The molecule has 0 radical (unpaired) electrons. The number of benzene rings is 1. The molecule has 0 aliphatic rings. The fourth-order valence-corrected chi connectivity index (χ4v) is 2.68. The fraction of sp³-hybridized carbons (Fsp3) is 0.235. The first-order valence-electron chi connectivity index (χ1n) is 7.33. The highest BCUT2D eigenvalue weighted by Crippen LogP contribution is 2.12. The van der Waals surface area contributed by atoms with Crippen LogP contribution in [0.5, 0.6) is 0 Å². The first kappa shape index (κ1) is 18.1. The number of nitrogens with one attached hydrogen (secondary N) is 3. The largest absolute Gasteiger partial charge is 0.347 e. The Bertz CT molecular complexity index is 732. The molecule has 0 atom stereocenters. The topological polar surface area (TPSA) is 70.2 Å². The van der Waals surface area contributed by atoms with E-state index in [1.807, 2.05) is 26.2 Å². The maximum absolute atomic E-state index is 12.1. The molecule has 1 heterocycles. The summed E-state index contributed by atoms with van der Waals surface area (Å²) in [5.41, 5.74) is 0.963. The summed E-state index contributed by atoms with van der Waals surface area (Å²) in [5, 5.41) is 10.5. The van der Waals surface area contributed by atoms with E-state index >= 15 is 0 Å². The zero-order valence-corrected chi connectivity index (χ0v) is 15.3. The number of anilines is 1. The van der Waals surface area contributed by atoms with Crippen LogP contribution in [0.2, 0.25) is 0 Å². The Kier molecular flexibility index (Phi) is 5.69. The lowest BCUT2D eigenvalue weighted by Gasteiger charge is -2.20. The van der Waals surface area contributed by atoms with Crippen LogP contribution in [0.15, 0.2) is 41.8 Å². The maximum Gasteiger partial charge on any atom is 0.267 e. The van der Waals surface area contributed by atoms with E-state index in [2.05, 4.69) is 16.0 Å². The van der Waals surface area contributed by atoms with Crippen molar-refractivity contribution >= 4 is 46.2 Å². The monoisotopic (exact) mass is 361 g/mol. The molecular weight excluding hydrogens is 342 g/mol. The first-order chi connectivity index (χ1) is 11.2. The van der Waals surface area contributed by atoms with Crippen molar-refractivity contribution in [3.63, 3.8) is 0 Å². The third kappa shape index (κ3) is 5.43. The molecule has 126 valence electrons. The second-order valence-corrected chi connectivity index (χ2v) is 7.52. The number of carbonyl (C=O) groups is 2. The highest BCUT2D eigenvalue weighted by molar-refractivity contribution is 7.80. The van der Waals surface area contributed by atoms with Crippen LogP contribution < -0.4 is 16.0 Å². The minimum atomic E-state index is -0.290. The van der Waals surface area contributed by atoms with Crippen LogP contribution in [-0.2, 0) is 0 Å². The molecule has 3 N–H and O–H groups in total. The van der Waals surface area contributed by atoms with Crippen LogP contribution in [0.1, 0.15) is 40.8 Å². The normalized spacial score (nSPS) is 10.8. The first-order valence-corrected chi connectivity index (χ1v) is 8.62. The van der Waals surface area contributed by atoms with Gasteiger partial charge < -0.3 is 10.6 Å². The van der Waals surface area contributed by atoms with Gasteiger partial charge in [0.15, 0.2) is 5.11 Å². The standard InChI is InChI=1S/C17H19N3O2S2/c1-17(2,3)20-14(21)11-6-8-12(9-7-11)18-16(23)19-15(22)13-5-4-10-24-13/h4-10H,1-3H3,(H,20,21)(H2,18,19,22,23). The Morgan fingerprint density at radius 1 is 1.04 bits per heavy atom. The Labute approximate surface area is 150 Å². The van der Waals surface area contributed by atoms with Crippen molar-refractivity contribution in [2.75, 3.05) is 5.32 Å². The van der Waals surface area contributed by atoms with Gasteiger partial charge in [-0.25, -0.2) is 0 Å². The van der Waals surface area contributed by atoms with E-state index in [1.165, 1.54) is 11.3 Å². The molecule has 1 aromatic heterocycles. The SMILES string of the molecule is CC(C)(C)NC(=O)c1ccc(NC(=S)NC(=O)c2cccs2)cc1. The molecule has 24 heavy (non-hydrogen) atoms. The average Bonchev–Trinajstić information content (AvgIpc) is 3.00. The Morgan fingerprint density at radius 2 is 1.71 bits per heavy atom. The maximum atomic E-state index is 12.1. The summed E-state index contributed by atoms with van der Waals surface area (Å²) in [6.07, 6.45) is 0. The zero-order chi connectivity index (χ0) is 17.7. The van der Waals surface area contributed by atoms with Crippen LogP contribution in [-0.4, -0.2) is 22.5 Å². The molecule has 0 unspecified atom stereocenters. The number of carbonyl (C=O) groups excluding carboxylic acids is 2. The molecule has 5 nitrogen and oxygen atoms in total. The molecule has 0 saturated carbocycles. The van der Waals surface area contributed by atoms with Gasteiger partial charge in [0, 0.05) is 16.8 Å². The van der Waals surface area contributed by atoms with E-state index in [0.717, 1.165) is 0 Å². The molecule has 2 amide bonds. The van der Waals surface area contributed by atoms with Crippen molar-refractivity contribution in [1.29, 1.82) is 0 Å². The molecule has 0 aliphatic carbocycles. The van der Waals surface area contributed by atoms with Gasteiger partial charge in [0.25, 0.3) is 11.8 Å². The highest BCUT2D eigenvalue weighted by Gasteiger charge is 2.15. The molecule has 7 heteroatoms. The van der Waals surface area contributed by atoms with Crippen LogP contribution in [0.4, 0.5) is 5.69 Å². The summed E-state index contributed by atoms with van der Waals surface area (Å²) < 4.78 is 0. The second kappa shape index (κ2) is 7.55. The molecule has 1 aromatic carbocycles. The summed E-state index contributed by atoms with van der Waals surface area (Å²) in [6, 6.07) is 10.4. The van der Waals surface area contributed by atoms with E-state index in [9.17, 15) is 9.59 Å². The molecule has 0 aliphatic heterocycles.